The number of aliphatic carboxylic acids is 1. The number of nitrogens with two attached hydrogens (primary N) is 1. The van der Waals surface area contributed by atoms with Crippen molar-refractivity contribution in [1.29, 1.82) is 0 Å². The molecule has 1 atom stereocenters. The van der Waals surface area contributed by atoms with Crippen molar-refractivity contribution in [3.05, 3.63) is 35.4 Å². The third kappa shape index (κ3) is 6.73. The van der Waals surface area contributed by atoms with Crippen LogP contribution in [0.4, 0.5) is 0 Å². The third-order valence-electron chi connectivity index (χ3n) is 4.11. The number of carbonyl (C=O) groups is 2. The topological polar surface area (TPSA) is 126 Å². The number of amidine groups is 1. The van der Waals surface area contributed by atoms with E-state index in [0.29, 0.717) is 12.3 Å². The smallest absolute Gasteiger partial charge is 0.305 e. The molecule has 146 valence electrons. The highest BCUT2D eigenvalue weighted by Gasteiger charge is 2.24. The van der Waals surface area contributed by atoms with Gasteiger partial charge in [-0.15, -0.1) is 0 Å². The summed E-state index contributed by atoms with van der Waals surface area (Å²) in [6, 6.07) is 7.62. The van der Waals surface area contributed by atoms with E-state index < -0.39 is 5.97 Å². The molecular formula is C19H26N4O4. The summed E-state index contributed by atoms with van der Waals surface area (Å²) in [6.07, 6.45) is 2.31. The summed E-state index contributed by atoms with van der Waals surface area (Å²) < 4.78 is 0. The number of amides is 1. The Morgan fingerprint density at radius 3 is 2.78 bits per heavy atom. The number of carbonyl (C=O) groups excluding carboxylic acids is 1. The van der Waals surface area contributed by atoms with E-state index in [0.717, 1.165) is 36.2 Å². The first-order valence-corrected chi connectivity index (χ1v) is 9.11. The Kier molecular flexibility index (Phi) is 7.79. The molecule has 0 saturated carbocycles. The lowest BCUT2D eigenvalue weighted by Gasteiger charge is -2.08. The fourth-order valence-corrected chi connectivity index (χ4v) is 2.58. The zero-order valence-electron chi connectivity index (χ0n) is 15.5. The number of carboxylic acid groups (broad SMARTS) is 1. The highest BCUT2D eigenvalue weighted by Crippen LogP contribution is 2.19. The van der Waals surface area contributed by atoms with Gasteiger partial charge in [-0.3, -0.25) is 14.6 Å². The molecule has 0 fully saturated rings. The van der Waals surface area contributed by atoms with Crippen LogP contribution >= 0.6 is 0 Å². The minimum absolute atomic E-state index is 0.101. The van der Waals surface area contributed by atoms with Crippen LogP contribution in [0.1, 0.15) is 50.2 Å². The maximum Gasteiger partial charge on any atom is 0.305 e. The Bertz CT molecular complexity index is 713. The first-order valence-electron chi connectivity index (χ1n) is 9.11. The second-order valence-corrected chi connectivity index (χ2v) is 6.37. The fourth-order valence-electron chi connectivity index (χ4n) is 2.58. The molecule has 0 unspecified atom stereocenters. The normalized spacial score (nSPS) is 16.6. The van der Waals surface area contributed by atoms with Gasteiger partial charge in [-0.05, 0) is 12.0 Å². The molecular weight excluding hydrogens is 348 g/mol. The van der Waals surface area contributed by atoms with Crippen LogP contribution in [-0.4, -0.2) is 47.7 Å². The standard InChI is InChI=1S/C19H26N4O4/c1-2-3-9-22-19(20)14-6-4-13(5-7-14)16-11-15(27-23-16)12-17(24)21-10-8-18(25)26/h4-7,15H,2-3,8-12H2,1H3,(H2,20,22)(H,21,24)(H,25,26)/t15-/m1/s1. The molecule has 27 heavy (non-hydrogen) atoms. The van der Waals surface area contributed by atoms with E-state index in [1.165, 1.54) is 0 Å². The van der Waals surface area contributed by atoms with E-state index in [2.05, 4.69) is 22.4 Å². The molecule has 1 heterocycles. The first-order chi connectivity index (χ1) is 13.0. The van der Waals surface area contributed by atoms with Gasteiger partial charge < -0.3 is 21.0 Å². The molecule has 1 amide bonds. The summed E-state index contributed by atoms with van der Waals surface area (Å²) in [5, 5.41) is 15.2. The van der Waals surface area contributed by atoms with E-state index in [9.17, 15) is 9.59 Å². The van der Waals surface area contributed by atoms with Gasteiger partial charge in [0.15, 0.2) is 0 Å². The van der Waals surface area contributed by atoms with E-state index in [1.54, 1.807) is 0 Å². The summed E-state index contributed by atoms with van der Waals surface area (Å²) in [4.78, 5) is 31.9. The van der Waals surface area contributed by atoms with Gasteiger partial charge in [0.2, 0.25) is 5.91 Å². The second kappa shape index (κ2) is 10.3. The molecule has 0 radical (unpaired) electrons. The molecule has 0 bridgehead atoms. The van der Waals surface area contributed by atoms with Gasteiger partial charge in [0.1, 0.15) is 11.9 Å². The van der Waals surface area contributed by atoms with Crippen LogP contribution in [0.3, 0.4) is 0 Å². The van der Waals surface area contributed by atoms with Crippen LogP contribution in [0.5, 0.6) is 0 Å². The Balaban J connectivity index is 1.83. The van der Waals surface area contributed by atoms with E-state index in [1.807, 2.05) is 24.3 Å². The van der Waals surface area contributed by atoms with Gasteiger partial charge in [0.25, 0.3) is 0 Å². The fraction of sp³-hybridized carbons (Fsp3) is 0.474. The first kappa shape index (κ1) is 20.4. The average molecular weight is 374 g/mol. The number of aliphatic imine (C=N–C) groups is 1. The van der Waals surface area contributed by atoms with Gasteiger partial charge in [0, 0.05) is 25.1 Å². The third-order valence-corrected chi connectivity index (χ3v) is 4.11. The summed E-state index contributed by atoms with van der Waals surface area (Å²) in [6.45, 7) is 2.94. The average Bonchev–Trinajstić information content (AvgIpc) is 3.10. The molecule has 4 N–H and O–H groups in total. The van der Waals surface area contributed by atoms with Crippen LogP contribution < -0.4 is 11.1 Å². The minimum atomic E-state index is -0.947. The predicted molar refractivity (Wildman–Crippen MR) is 103 cm³/mol. The van der Waals surface area contributed by atoms with Gasteiger partial charge in [-0.25, -0.2) is 0 Å². The van der Waals surface area contributed by atoms with Crippen LogP contribution in [0.2, 0.25) is 0 Å². The van der Waals surface area contributed by atoms with Crippen LogP contribution in [0, 0.1) is 0 Å². The van der Waals surface area contributed by atoms with Crippen molar-refractivity contribution in [2.24, 2.45) is 15.9 Å². The van der Waals surface area contributed by atoms with Gasteiger partial charge in [-0.1, -0.05) is 42.8 Å². The molecule has 0 spiro atoms. The molecule has 2 rings (SSSR count). The Morgan fingerprint density at radius 2 is 2.11 bits per heavy atom. The predicted octanol–water partition coefficient (Wildman–Crippen LogP) is 1.67. The molecule has 1 aliphatic rings. The number of oxime groups is 1. The number of rotatable bonds is 10. The number of benzene rings is 1. The number of nitrogens with one attached hydrogen (secondary N) is 1. The van der Waals surface area contributed by atoms with Crippen LogP contribution in [0.25, 0.3) is 0 Å². The molecule has 8 heteroatoms. The molecule has 0 saturated heterocycles. The van der Waals surface area contributed by atoms with E-state index >= 15 is 0 Å². The van der Waals surface area contributed by atoms with Crippen LogP contribution in [-0.2, 0) is 14.4 Å². The van der Waals surface area contributed by atoms with Crippen molar-refractivity contribution in [2.45, 2.75) is 45.1 Å². The summed E-state index contributed by atoms with van der Waals surface area (Å²) in [5.74, 6) is -0.669. The van der Waals surface area contributed by atoms with E-state index in [-0.39, 0.29) is 31.4 Å². The van der Waals surface area contributed by atoms with Crippen molar-refractivity contribution >= 4 is 23.4 Å². The summed E-state index contributed by atoms with van der Waals surface area (Å²) >= 11 is 0. The maximum atomic E-state index is 11.8. The van der Waals surface area contributed by atoms with Crippen LogP contribution in [0.15, 0.2) is 34.4 Å². The molecule has 8 nitrogen and oxygen atoms in total. The lowest BCUT2D eigenvalue weighted by atomic mass is 10.0. The van der Waals surface area contributed by atoms with Crippen molar-refractivity contribution in [3.8, 4) is 0 Å². The number of hydrogen-bond donors (Lipinski definition) is 3. The monoisotopic (exact) mass is 374 g/mol. The summed E-state index contributed by atoms with van der Waals surface area (Å²) in [7, 11) is 0. The zero-order chi connectivity index (χ0) is 19.6. The lowest BCUT2D eigenvalue weighted by Crippen LogP contribution is -2.29. The number of carboxylic acids is 1. The molecule has 1 aromatic rings. The van der Waals surface area contributed by atoms with Gasteiger partial charge in [0.05, 0.1) is 18.6 Å². The largest absolute Gasteiger partial charge is 0.481 e. The van der Waals surface area contributed by atoms with Gasteiger partial charge in [-0.2, -0.15) is 0 Å². The number of unbranched alkanes of at least 4 members (excludes halogenated alkanes) is 1. The number of nitrogens with zero attached hydrogens (tertiary/aromatic N) is 2. The lowest BCUT2D eigenvalue weighted by molar-refractivity contribution is -0.136. The summed E-state index contributed by atoms with van der Waals surface area (Å²) in [5.41, 5.74) is 8.53. The van der Waals surface area contributed by atoms with Gasteiger partial charge >= 0.3 is 5.97 Å². The van der Waals surface area contributed by atoms with Crippen molar-refractivity contribution in [1.82, 2.24) is 5.32 Å². The highest BCUT2D eigenvalue weighted by molar-refractivity contribution is 6.03. The molecule has 0 aliphatic carbocycles. The molecule has 0 aromatic heterocycles. The zero-order valence-corrected chi connectivity index (χ0v) is 15.5. The Labute approximate surface area is 158 Å². The quantitative estimate of drug-likeness (QED) is 0.326. The van der Waals surface area contributed by atoms with Crippen molar-refractivity contribution in [3.63, 3.8) is 0 Å². The highest BCUT2D eigenvalue weighted by atomic mass is 16.6. The molecule has 1 aromatic carbocycles. The Morgan fingerprint density at radius 1 is 1.37 bits per heavy atom. The SMILES string of the molecule is CCCCN=C(N)c1ccc(C2=NO[C@@H](CC(=O)NCCC(=O)O)C2)cc1. The van der Waals surface area contributed by atoms with E-state index in [4.69, 9.17) is 15.7 Å². The van der Waals surface area contributed by atoms with Crippen molar-refractivity contribution < 1.29 is 19.5 Å². The minimum Gasteiger partial charge on any atom is -0.481 e. The number of hydrogen-bond acceptors (Lipinski definition) is 5. The Hall–Kier alpha value is -2.90. The second-order valence-electron chi connectivity index (χ2n) is 6.37. The maximum absolute atomic E-state index is 11.8. The molecule has 1 aliphatic heterocycles. The van der Waals surface area contributed by atoms with Crippen molar-refractivity contribution in [2.75, 3.05) is 13.1 Å².